The number of carbonyl (C=O) groups excluding carboxylic acids is 1. The largest absolute Gasteiger partial charge is 0.372 e. The Morgan fingerprint density at radius 2 is 1.86 bits per heavy atom. The Morgan fingerprint density at radius 1 is 1.21 bits per heavy atom. The first kappa shape index (κ1) is 20.1. The van der Waals surface area contributed by atoms with Crippen molar-refractivity contribution < 1.29 is 9.53 Å². The van der Waals surface area contributed by atoms with Gasteiger partial charge in [0.15, 0.2) is 0 Å². The van der Waals surface area contributed by atoms with Gasteiger partial charge in [0, 0.05) is 44.5 Å². The van der Waals surface area contributed by atoms with Crippen LogP contribution in [0.25, 0.3) is 0 Å². The van der Waals surface area contributed by atoms with Crippen LogP contribution in [0.4, 0.5) is 0 Å². The lowest BCUT2D eigenvalue weighted by molar-refractivity contribution is -0.0586. The first-order valence-corrected chi connectivity index (χ1v) is 9.68. The third kappa shape index (κ3) is 4.44. The van der Waals surface area contributed by atoms with Crippen LogP contribution in [-0.4, -0.2) is 40.7 Å². The van der Waals surface area contributed by atoms with E-state index in [1.807, 2.05) is 67.6 Å². The number of nitriles is 1. The molecule has 1 fully saturated rings. The molecular formula is C22H28N4O2. The second-order valence-electron chi connectivity index (χ2n) is 7.58. The number of morpholine rings is 1. The van der Waals surface area contributed by atoms with Crippen molar-refractivity contribution in [2.45, 2.75) is 46.1 Å². The minimum Gasteiger partial charge on any atom is -0.372 e. The quantitative estimate of drug-likeness (QED) is 0.866. The molecule has 2 heterocycles. The molecule has 0 bridgehead atoms. The molecule has 28 heavy (non-hydrogen) atoms. The molecule has 1 aromatic carbocycles. The molecule has 0 radical (unpaired) electrons. The average Bonchev–Trinajstić information content (AvgIpc) is 2.95. The fourth-order valence-corrected chi connectivity index (χ4v) is 3.68. The molecule has 1 aliphatic heterocycles. The summed E-state index contributed by atoms with van der Waals surface area (Å²) in [5.74, 6) is 0.0606. The predicted molar refractivity (Wildman–Crippen MR) is 108 cm³/mol. The normalized spacial score (nSPS) is 19.5. The number of hydrogen-bond acceptors (Lipinski definition) is 4. The number of benzene rings is 1. The number of aromatic nitrogens is 1. The van der Waals surface area contributed by atoms with E-state index < -0.39 is 0 Å². The van der Waals surface area contributed by atoms with Crippen LogP contribution in [0.3, 0.4) is 0 Å². The van der Waals surface area contributed by atoms with Crippen molar-refractivity contribution in [3.8, 4) is 6.07 Å². The average molecular weight is 380 g/mol. The number of hydrogen-bond donors (Lipinski definition) is 1. The monoisotopic (exact) mass is 380 g/mol. The fraction of sp³-hybridized carbons (Fsp3) is 0.455. The second-order valence-corrected chi connectivity index (χ2v) is 7.58. The lowest BCUT2D eigenvalue weighted by Crippen LogP contribution is -2.48. The molecule has 1 amide bonds. The van der Waals surface area contributed by atoms with Crippen molar-refractivity contribution in [2.24, 2.45) is 7.05 Å². The highest BCUT2D eigenvalue weighted by molar-refractivity contribution is 5.94. The van der Waals surface area contributed by atoms with Crippen LogP contribution >= 0.6 is 0 Å². The topological polar surface area (TPSA) is 70.3 Å². The predicted octanol–water partition coefficient (Wildman–Crippen LogP) is 2.74. The van der Waals surface area contributed by atoms with E-state index in [0.717, 1.165) is 16.8 Å². The Hall–Kier alpha value is -2.62. The molecule has 0 saturated carbocycles. The second kappa shape index (κ2) is 8.59. The van der Waals surface area contributed by atoms with Crippen LogP contribution in [-0.2, 0) is 24.9 Å². The third-order valence-electron chi connectivity index (χ3n) is 5.31. The SMILES string of the molecule is Cc1c(CNCc2ccc(C(=O)N3C[C@@H](C)O[C@@H](C)C3)cc2)cc(C#N)n1C. The number of carbonyl (C=O) groups is 1. The van der Waals surface area contributed by atoms with Crippen molar-refractivity contribution in [1.82, 2.24) is 14.8 Å². The lowest BCUT2D eigenvalue weighted by Gasteiger charge is -2.35. The van der Waals surface area contributed by atoms with Crippen LogP contribution in [0.15, 0.2) is 30.3 Å². The fourth-order valence-electron chi connectivity index (χ4n) is 3.68. The molecule has 1 saturated heterocycles. The molecule has 1 aliphatic rings. The maximum atomic E-state index is 12.7. The van der Waals surface area contributed by atoms with Crippen molar-refractivity contribution >= 4 is 5.91 Å². The Bertz CT molecular complexity index is 869. The Morgan fingerprint density at radius 3 is 2.43 bits per heavy atom. The maximum Gasteiger partial charge on any atom is 0.254 e. The van der Waals surface area contributed by atoms with E-state index in [2.05, 4.69) is 11.4 Å². The number of rotatable bonds is 5. The van der Waals surface area contributed by atoms with Gasteiger partial charge in [0.25, 0.3) is 5.91 Å². The Balaban J connectivity index is 1.56. The number of nitrogens with zero attached hydrogens (tertiary/aromatic N) is 3. The molecule has 6 nitrogen and oxygen atoms in total. The van der Waals surface area contributed by atoms with E-state index in [0.29, 0.717) is 37.4 Å². The Kier molecular flexibility index (Phi) is 6.18. The molecule has 3 rings (SSSR count). The summed E-state index contributed by atoms with van der Waals surface area (Å²) in [6, 6.07) is 11.9. The van der Waals surface area contributed by atoms with E-state index in [1.165, 1.54) is 0 Å². The van der Waals surface area contributed by atoms with Gasteiger partial charge in [-0.05, 0) is 50.1 Å². The zero-order chi connectivity index (χ0) is 20.3. The number of amides is 1. The summed E-state index contributed by atoms with van der Waals surface area (Å²) in [5.41, 5.74) is 4.72. The van der Waals surface area contributed by atoms with Gasteiger partial charge >= 0.3 is 0 Å². The molecule has 2 aromatic rings. The van der Waals surface area contributed by atoms with E-state index >= 15 is 0 Å². The van der Waals surface area contributed by atoms with Crippen LogP contribution in [0.5, 0.6) is 0 Å². The summed E-state index contributed by atoms with van der Waals surface area (Å²) in [7, 11) is 1.91. The van der Waals surface area contributed by atoms with E-state index in [-0.39, 0.29) is 18.1 Å². The molecule has 6 heteroatoms. The minimum atomic E-state index is 0.0606. The van der Waals surface area contributed by atoms with E-state index in [9.17, 15) is 4.79 Å². The standard InChI is InChI=1S/C22H28N4O2/c1-15-13-26(14-16(2)28-15)22(27)19-7-5-18(6-8-19)11-24-12-20-9-21(10-23)25(4)17(20)3/h5-9,15-16,24H,11-14H2,1-4H3/t15-,16+. The highest BCUT2D eigenvalue weighted by Gasteiger charge is 2.26. The van der Waals surface area contributed by atoms with Gasteiger partial charge in [0.05, 0.1) is 12.2 Å². The zero-order valence-corrected chi connectivity index (χ0v) is 17.0. The molecule has 2 atom stereocenters. The van der Waals surface area contributed by atoms with Gasteiger partial charge in [-0.25, -0.2) is 0 Å². The van der Waals surface area contributed by atoms with Crippen molar-refractivity contribution in [2.75, 3.05) is 13.1 Å². The van der Waals surface area contributed by atoms with Crippen molar-refractivity contribution in [3.05, 3.63) is 58.4 Å². The molecular weight excluding hydrogens is 352 g/mol. The highest BCUT2D eigenvalue weighted by Crippen LogP contribution is 2.16. The van der Waals surface area contributed by atoms with E-state index in [1.54, 1.807) is 0 Å². The zero-order valence-electron chi connectivity index (χ0n) is 17.0. The minimum absolute atomic E-state index is 0.0606. The van der Waals surface area contributed by atoms with Gasteiger partial charge < -0.3 is 19.5 Å². The smallest absolute Gasteiger partial charge is 0.254 e. The maximum absolute atomic E-state index is 12.7. The first-order valence-electron chi connectivity index (χ1n) is 9.68. The third-order valence-corrected chi connectivity index (χ3v) is 5.31. The molecule has 148 valence electrons. The summed E-state index contributed by atoms with van der Waals surface area (Å²) in [6.45, 7) is 8.69. The summed E-state index contributed by atoms with van der Waals surface area (Å²) >= 11 is 0. The van der Waals surface area contributed by atoms with Crippen LogP contribution < -0.4 is 5.32 Å². The van der Waals surface area contributed by atoms with E-state index in [4.69, 9.17) is 10.00 Å². The number of nitrogens with one attached hydrogen (secondary N) is 1. The van der Waals surface area contributed by atoms with Gasteiger partial charge in [-0.2, -0.15) is 5.26 Å². The van der Waals surface area contributed by atoms with Crippen molar-refractivity contribution in [1.29, 1.82) is 5.26 Å². The van der Waals surface area contributed by atoms with Gasteiger partial charge in [-0.15, -0.1) is 0 Å². The summed E-state index contributed by atoms with van der Waals surface area (Å²) in [6.07, 6.45) is 0.137. The van der Waals surface area contributed by atoms with Gasteiger partial charge in [0.2, 0.25) is 0 Å². The molecule has 0 spiro atoms. The Labute approximate surface area is 166 Å². The van der Waals surface area contributed by atoms with Gasteiger partial charge in [0.1, 0.15) is 11.8 Å². The van der Waals surface area contributed by atoms with Gasteiger partial charge in [-0.1, -0.05) is 12.1 Å². The summed E-state index contributed by atoms with van der Waals surface area (Å²) in [5, 5.41) is 12.5. The van der Waals surface area contributed by atoms with Crippen molar-refractivity contribution in [3.63, 3.8) is 0 Å². The molecule has 0 aliphatic carbocycles. The van der Waals surface area contributed by atoms with Crippen LogP contribution in [0.1, 0.15) is 46.7 Å². The summed E-state index contributed by atoms with van der Waals surface area (Å²) < 4.78 is 7.61. The molecule has 0 unspecified atom stereocenters. The molecule has 1 N–H and O–H groups in total. The summed E-state index contributed by atoms with van der Waals surface area (Å²) in [4.78, 5) is 14.6. The lowest BCUT2D eigenvalue weighted by atomic mass is 10.1. The molecule has 1 aromatic heterocycles. The highest BCUT2D eigenvalue weighted by atomic mass is 16.5. The number of ether oxygens (including phenoxy) is 1. The van der Waals surface area contributed by atoms with Crippen LogP contribution in [0.2, 0.25) is 0 Å². The first-order chi connectivity index (χ1) is 13.4. The van der Waals surface area contributed by atoms with Gasteiger partial charge in [-0.3, -0.25) is 4.79 Å². The van der Waals surface area contributed by atoms with Crippen LogP contribution in [0, 0.1) is 18.3 Å².